The van der Waals surface area contributed by atoms with Gasteiger partial charge in [-0.2, -0.15) is 4.98 Å². The molecule has 3 aromatic rings. The second-order valence-electron chi connectivity index (χ2n) is 4.15. The van der Waals surface area contributed by atoms with Gasteiger partial charge in [-0.1, -0.05) is 11.6 Å². The SMILES string of the molecule is COc1ccc2[nH]c(-c3ccc(Cl)cc3OC)nc2n1. The van der Waals surface area contributed by atoms with E-state index in [0.717, 1.165) is 11.1 Å². The predicted molar refractivity (Wildman–Crippen MR) is 77.4 cm³/mol. The Hall–Kier alpha value is -2.27. The van der Waals surface area contributed by atoms with Gasteiger partial charge in [0.2, 0.25) is 5.88 Å². The van der Waals surface area contributed by atoms with Crippen molar-refractivity contribution in [2.75, 3.05) is 14.2 Å². The molecule has 0 bridgehead atoms. The zero-order valence-corrected chi connectivity index (χ0v) is 11.7. The normalized spacial score (nSPS) is 10.8. The third-order valence-electron chi connectivity index (χ3n) is 2.95. The van der Waals surface area contributed by atoms with Gasteiger partial charge in [-0.3, -0.25) is 0 Å². The molecule has 0 atom stereocenters. The number of hydrogen-bond acceptors (Lipinski definition) is 4. The summed E-state index contributed by atoms with van der Waals surface area (Å²) in [5, 5.41) is 0.613. The summed E-state index contributed by atoms with van der Waals surface area (Å²) in [5.41, 5.74) is 2.25. The molecule has 0 radical (unpaired) electrons. The summed E-state index contributed by atoms with van der Waals surface area (Å²) < 4.78 is 10.4. The van der Waals surface area contributed by atoms with Crippen LogP contribution in [0.2, 0.25) is 5.02 Å². The molecule has 2 heterocycles. The summed E-state index contributed by atoms with van der Waals surface area (Å²) in [6.07, 6.45) is 0. The van der Waals surface area contributed by atoms with Crippen molar-refractivity contribution in [3.05, 3.63) is 35.4 Å². The number of nitrogens with one attached hydrogen (secondary N) is 1. The third-order valence-corrected chi connectivity index (χ3v) is 3.18. The van der Waals surface area contributed by atoms with Crippen LogP contribution in [0.25, 0.3) is 22.6 Å². The Morgan fingerprint density at radius 1 is 1.05 bits per heavy atom. The van der Waals surface area contributed by atoms with Crippen molar-refractivity contribution in [1.82, 2.24) is 15.0 Å². The smallest absolute Gasteiger partial charge is 0.215 e. The van der Waals surface area contributed by atoms with E-state index in [9.17, 15) is 0 Å². The Bertz CT molecular complexity index is 770. The van der Waals surface area contributed by atoms with Crippen molar-refractivity contribution >= 4 is 22.8 Å². The van der Waals surface area contributed by atoms with E-state index in [1.165, 1.54) is 0 Å². The largest absolute Gasteiger partial charge is 0.496 e. The van der Waals surface area contributed by atoms with Crippen LogP contribution in [-0.4, -0.2) is 29.2 Å². The molecule has 1 aromatic carbocycles. The molecule has 6 heteroatoms. The van der Waals surface area contributed by atoms with E-state index >= 15 is 0 Å². The van der Waals surface area contributed by atoms with E-state index in [1.54, 1.807) is 32.4 Å². The lowest BCUT2D eigenvalue weighted by molar-refractivity contribution is 0.399. The van der Waals surface area contributed by atoms with Gasteiger partial charge in [-0.05, 0) is 24.3 Å². The molecule has 0 spiro atoms. The van der Waals surface area contributed by atoms with E-state index in [0.29, 0.717) is 28.1 Å². The summed E-state index contributed by atoms with van der Waals surface area (Å²) in [5.74, 6) is 1.86. The van der Waals surface area contributed by atoms with Crippen LogP contribution in [0.15, 0.2) is 30.3 Å². The molecule has 102 valence electrons. The second-order valence-corrected chi connectivity index (χ2v) is 4.59. The van der Waals surface area contributed by atoms with Crippen LogP contribution in [0.4, 0.5) is 0 Å². The van der Waals surface area contributed by atoms with E-state index in [1.807, 2.05) is 12.1 Å². The van der Waals surface area contributed by atoms with Crippen molar-refractivity contribution < 1.29 is 9.47 Å². The number of pyridine rings is 1. The number of halogens is 1. The summed E-state index contributed by atoms with van der Waals surface area (Å²) >= 11 is 5.96. The van der Waals surface area contributed by atoms with Crippen molar-refractivity contribution in [3.63, 3.8) is 0 Å². The number of rotatable bonds is 3. The minimum absolute atomic E-state index is 0.527. The Morgan fingerprint density at radius 2 is 1.90 bits per heavy atom. The van der Waals surface area contributed by atoms with Gasteiger partial charge < -0.3 is 14.5 Å². The lowest BCUT2D eigenvalue weighted by atomic mass is 10.2. The maximum Gasteiger partial charge on any atom is 0.215 e. The minimum atomic E-state index is 0.527. The molecule has 5 nitrogen and oxygen atoms in total. The number of benzene rings is 1. The average Bonchev–Trinajstić information content (AvgIpc) is 2.89. The first-order valence-corrected chi connectivity index (χ1v) is 6.33. The van der Waals surface area contributed by atoms with Gasteiger partial charge in [-0.25, -0.2) is 4.98 Å². The number of aromatic nitrogens is 3. The molecule has 3 rings (SSSR count). The lowest BCUT2D eigenvalue weighted by Crippen LogP contribution is -1.89. The molecule has 0 aliphatic heterocycles. The summed E-state index contributed by atoms with van der Waals surface area (Å²) in [6.45, 7) is 0. The summed E-state index contributed by atoms with van der Waals surface area (Å²) in [4.78, 5) is 11.9. The van der Waals surface area contributed by atoms with Crippen molar-refractivity contribution in [3.8, 4) is 23.0 Å². The number of hydrogen-bond donors (Lipinski definition) is 1. The Morgan fingerprint density at radius 3 is 2.65 bits per heavy atom. The van der Waals surface area contributed by atoms with Crippen LogP contribution in [0, 0.1) is 0 Å². The van der Waals surface area contributed by atoms with Crippen LogP contribution in [0.1, 0.15) is 0 Å². The molecule has 0 aliphatic carbocycles. The predicted octanol–water partition coefficient (Wildman–Crippen LogP) is 3.30. The Kier molecular flexibility index (Phi) is 3.20. The van der Waals surface area contributed by atoms with E-state index in [2.05, 4.69) is 15.0 Å². The van der Waals surface area contributed by atoms with Gasteiger partial charge >= 0.3 is 0 Å². The van der Waals surface area contributed by atoms with Gasteiger partial charge in [0, 0.05) is 11.1 Å². The fourth-order valence-electron chi connectivity index (χ4n) is 1.98. The zero-order valence-electron chi connectivity index (χ0n) is 11.0. The standard InChI is InChI=1S/C14H12ClN3O2/c1-19-11-7-8(15)3-4-9(11)13-16-10-5-6-12(20-2)17-14(10)18-13/h3-7H,1-2H3,(H,16,17,18). The lowest BCUT2D eigenvalue weighted by Gasteiger charge is -2.05. The van der Waals surface area contributed by atoms with E-state index in [-0.39, 0.29) is 0 Å². The maximum atomic E-state index is 5.96. The first-order valence-electron chi connectivity index (χ1n) is 5.96. The number of methoxy groups -OCH3 is 2. The number of nitrogens with zero attached hydrogens (tertiary/aromatic N) is 2. The van der Waals surface area contributed by atoms with Gasteiger partial charge in [0.25, 0.3) is 0 Å². The van der Waals surface area contributed by atoms with Gasteiger partial charge in [0.05, 0.1) is 25.3 Å². The number of aromatic amines is 1. The monoisotopic (exact) mass is 289 g/mol. The van der Waals surface area contributed by atoms with E-state index < -0.39 is 0 Å². The van der Waals surface area contributed by atoms with Crippen LogP contribution in [0.5, 0.6) is 11.6 Å². The maximum absolute atomic E-state index is 5.96. The molecule has 1 N–H and O–H groups in total. The number of fused-ring (bicyclic) bond motifs is 1. The third kappa shape index (κ3) is 2.16. The van der Waals surface area contributed by atoms with Crippen molar-refractivity contribution in [2.24, 2.45) is 0 Å². The quantitative estimate of drug-likeness (QED) is 0.804. The molecule has 0 aliphatic rings. The highest BCUT2D eigenvalue weighted by atomic mass is 35.5. The molecule has 0 amide bonds. The molecular weight excluding hydrogens is 278 g/mol. The van der Waals surface area contributed by atoms with Gasteiger partial charge in [-0.15, -0.1) is 0 Å². The molecule has 0 saturated carbocycles. The average molecular weight is 290 g/mol. The minimum Gasteiger partial charge on any atom is -0.496 e. The topological polar surface area (TPSA) is 60.0 Å². The van der Waals surface area contributed by atoms with Crippen LogP contribution in [-0.2, 0) is 0 Å². The summed E-state index contributed by atoms with van der Waals surface area (Å²) in [7, 11) is 3.17. The number of ether oxygens (including phenoxy) is 2. The summed E-state index contributed by atoms with van der Waals surface area (Å²) in [6, 6.07) is 9.05. The van der Waals surface area contributed by atoms with Crippen LogP contribution >= 0.6 is 11.6 Å². The van der Waals surface area contributed by atoms with Crippen molar-refractivity contribution in [1.29, 1.82) is 0 Å². The van der Waals surface area contributed by atoms with Crippen LogP contribution in [0.3, 0.4) is 0 Å². The second kappa shape index (κ2) is 5.02. The zero-order chi connectivity index (χ0) is 14.1. The first-order chi connectivity index (χ1) is 9.71. The molecule has 0 saturated heterocycles. The Balaban J connectivity index is 2.14. The number of H-pyrrole nitrogens is 1. The highest BCUT2D eigenvalue weighted by molar-refractivity contribution is 6.30. The molecule has 0 unspecified atom stereocenters. The Labute approximate surface area is 120 Å². The molecular formula is C14H12ClN3O2. The van der Waals surface area contributed by atoms with Crippen molar-refractivity contribution in [2.45, 2.75) is 0 Å². The van der Waals surface area contributed by atoms with Crippen LogP contribution < -0.4 is 9.47 Å². The molecule has 20 heavy (non-hydrogen) atoms. The van der Waals surface area contributed by atoms with Gasteiger partial charge in [0.15, 0.2) is 5.65 Å². The van der Waals surface area contributed by atoms with Gasteiger partial charge in [0.1, 0.15) is 11.6 Å². The molecule has 0 fully saturated rings. The number of imidazole rings is 1. The van der Waals surface area contributed by atoms with E-state index in [4.69, 9.17) is 21.1 Å². The highest BCUT2D eigenvalue weighted by Crippen LogP contribution is 2.31. The first kappa shape index (κ1) is 12.7. The molecule has 2 aromatic heterocycles. The fourth-order valence-corrected chi connectivity index (χ4v) is 2.14. The fraction of sp³-hybridized carbons (Fsp3) is 0.143. The highest BCUT2D eigenvalue weighted by Gasteiger charge is 2.12.